The molecule has 7 heteroatoms. The number of carbonyl (C=O) groups excluding carboxylic acids is 3. The van der Waals surface area contributed by atoms with Crippen molar-refractivity contribution in [1.82, 2.24) is 20.1 Å². The summed E-state index contributed by atoms with van der Waals surface area (Å²) in [6, 6.07) is 9.48. The first kappa shape index (κ1) is 14.7. The van der Waals surface area contributed by atoms with Gasteiger partial charge in [-0.1, -0.05) is 18.2 Å². The Labute approximate surface area is 138 Å². The van der Waals surface area contributed by atoms with Gasteiger partial charge in [0.25, 0.3) is 5.91 Å². The first-order chi connectivity index (χ1) is 11.6. The van der Waals surface area contributed by atoms with Crippen molar-refractivity contribution < 1.29 is 14.4 Å². The highest BCUT2D eigenvalue weighted by molar-refractivity contribution is 6.07. The Morgan fingerprint density at radius 1 is 1.12 bits per heavy atom. The molecule has 0 bridgehead atoms. The minimum absolute atomic E-state index is 0.0240. The molecule has 2 aliphatic heterocycles. The number of nitrogens with one attached hydrogen (secondary N) is 2. The number of carbonyl (C=O) groups is 3. The lowest BCUT2D eigenvalue weighted by Gasteiger charge is -2.37. The average Bonchev–Trinajstić information content (AvgIpc) is 3.10. The van der Waals surface area contributed by atoms with Gasteiger partial charge in [-0.2, -0.15) is 0 Å². The number of hydrogen-bond donors (Lipinski definition) is 2. The van der Waals surface area contributed by atoms with E-state index >= 15 is 0 Å². The highest BCUT2D eigenvalue weighted by Crippen LogP contribution is 2.26. The first-order valence-corrected chi connectivity index (χ1v) is 8.03. The van der Waals surface area contributed by atoms with Gasteiger partial charge in [0.15, 0.2) is 0 Å². The highest BCUT2D eigenvalue weighted by atomic mass is 16.2. The third-order valence-electron chi connectivity index (χ3n) is 4.97. The second kappa shape index (κ2) is 5.36. The van der Waals surface area contributed by atoms with Crippen LogP contribution in [0.3, 0.4) is 0 Å². The maximum absolute atomic E-state index is 12.6. The summed E-state index contributed by atoms with van der Waals surface area (Å²) in [5, 5.41) is 6.09. The Kier molecular flexibility index (Phi) is 3.30. The van der Waals surface area contributed by atoms with Crippen molar-refractivity contribution in [2.75, 3.05) is 13.1 Å². The number of benzene rings is 1. The Balaban J connectivity index is 1.43. The van der Waals surface area contributed by atoms with E-state index in [-0.39, 0.29) is 18.4 Å². The van der Waals surface area contributed by atoms with Gasteiger partial charge in [-0.05, 0) is 30.4 Å². The lowest BCUT2D eigenvalue weighted by Crippen LogP contribution is -2.56. The monoisotopic (exact) mass is 326 g/mol. The number of likely N-dealkylation sites (tertiary alicyclic amines) is 1. The molecule has 1 aromatic heterocycles. The molecule has 0 aliphatic carbocycles. The Morgan fingerprint density at radius 3 is 2.58 bits per heavy atom. The van der Waals surface area contributed by atoms with Crippen LogP contribution in [0.4, 0.5) is 4.79 Å². The summed E-state index contributed by atoms with van der Waals surface area (Å²) in [5.74, 6) is -0.257. The van der Waals surface area contributed by atoms with Gasteiger partial charge in [-0.25, -0.2) is 4.79 Å². The lowest BCUT2D eigenvalue weighted by atomic mass is 9.88. The third kappa shape index (κ3) is 2.33. The number of aromatic nitrogens is 1. The molecule has 3 heterocycles. The van der Waals surface area contributed by atoms with Crippen LogP contribution < -0.4 is 10.6 Å². The number of urea groups is 1. The normalized spacial score (nSPS) is 19.6. The van der Waals surface area contributed by atoms with E-state index in [4.69, 9.17) is 0 Å². The summed E-state index contributed by atoms with van der Waals surface area (Å²) >= 11 is 0. The molecule has 4 rings (SSSR count). The molecule has 124 valence electrons. The van der Waals surface area contributed by atoms with Crippen LogP contribution in [-0.4, -0.2) is 45.9 Å². The standard InChI is InChI=1S/C17H18N4O3/c22-14(11-21-8-5-12-3-1-2-4-13(12)21)20-9-6-17(7-10-20)15(23)18-16(24)19-17/h1-5,8H,6-7,9-11H2,(H2,18,19,23,24). The summed E-state index contributed by atoms with van der Waals surface area (Å²) in [6.45, 7) is 1.20. The minimum atomic E-state index is -0.839. The van der Waals surface area contributed by atoms with Gasteiger partial charge in [0.05, 0.1) is 0 Å². The van der Waals surface area contributed by atoms with Crippen molar-refractivity contribution in [2.24, 2.45) is 0 Å². The van der Waals surface area contributed by atoms with Crippen LogP contribution >= 0.6 is 0 Å². The van der Waals surface area contributed by atoms with Gasteiger partial charge < -0.3 is 14.8 Å². The zero-order valence-electron chi connectivity index (χ0n) is 13.1. The van der Waals surface area contributed by atoms with Crippen molar-refractivity contribution in [3.63, 3.8) is 0 Å². The van der Waals surface area contributed by atoms with Crippen molar-refractivity contribution >= 4 is 28.7 Å². The van der Waals surface area contributed by atoms with E-state index in [1.54, 1.807) is 4.90 Å². The maximum Gasteiger partial charge on any atom is 0.322 e. The molecule has 2 fully saturated rings. The Bertz CT molecular complexity index is 833. The van der Waals surface area contributed by atoms with Gasteiger partial charge in [-0.3, -0.25) is 14.9 Å². The number of fused-ring (bicyclic) bond motifs is 1. The zero-order valence-corrected chi connectivity index (χ0v) is 13.1. The molecule has 0 atom stereocenters. The fourth-order valence-electron chi connectivity index (χ4n) is 3.54. The van der Waals surface area contributed by atoms with Gasteiger partial charge in [0.1, 0.15) is 12.1 Å². The molecule has 2 aliphatic rings. The molecule has 1 spiro atoms. The molecule has 2 aromatic rings. The van der Waals surface area contributed by atoms with Crippen molar-refractivity contribution in [1.29, 1.82) is 0 Å². The molecule has 24 heavy (non-hydrogen) atoms. The average molecular weight is 326 g/mol. The van der Waals surface area contributed by atoms with Gasteiger partial charge >= 0.3 is 6.03 Å². The van der Waals surface area contributed by atoms with Crippen LogP contribution in [0, 0.1) is 0 Å². The zero-order chi connectivity index (χ0) is 16.7. The Hall–Kier alpha value is -2.83. The number of hydrogen-bond acceptors (Lipinski definition) is 3. The number of para-hydroxylation sites is 1. The second-order valence-electron chi connectivity index (χ2n) is 6.37. The second-order valence-corrected chi connectivity index (χ2v) is 6.37. The number of amides is 4. The Morgan fingerprint density at radius 2 is 1.88 bits per heavy atom. The lowest BCUT2D eigenvalue weighted by molar-refractivity contribution is -0.136. The van der Waals surface area contributed by atoms with E-state index in [9.17, 15) is 14.4 Å². The SMILES string of the molecule is O=C1NC(=O)C2(CCN(C(=O)Cn3ccc4ccccc43)CC2)N1. The van der Waals surface area contributed by atoms with E-state index in [1.165, 1.54) is 0 Å². The molecular weight excluding hydrogens is 308 g/mol. The molecule has 0 radical (unpaired) electrons. The van der Waals surface area contributed by atoms with Crippen LogP contribution in [0.5, 0.6) is 0 Å². The van der Waals surface area contributed by atoms with Crippen LogP contribution in [0.2, 0.25) is 0 Å². The molecule has 0 saturated carbocycles. The fourth-order valence-corrected chi connectivity index (χ4v) is 3.54. The molecule has 4 amide bonds. The number of nitrogens with zero attached hydrogens (tertiary/aromatic N) is 2. The molecule has 0 unspecified atom stereocenters. The summed E-state index contributed by atoms with van der Waals surface area (Å²) < 4.78 is 1.94. The van der Waals surface area contributed by atoms with Crippen LogP contribution in [0.25, 0.3) is 10.9 Å². The summed E-state index contributed by atoms with van der Waals surface area (Å²) in [5.41, 5.74) is 0.190. The van der Waals surface area contributed by atoms with Crippen LogP contribution in [-0.2, 0) is 16.1 Å². The van der Waals surface area contributed by atoms with Gasteiger partial charge in [0.2, 0.25) is 5.91 Å². The minimum Gasteiger partial charge on any atom is -0.341 e. The van der Waals surface area contributed by atoms with Crippen LogP contribution in [0.15, 0.2) is 36.5 Å². The predicted octanol–water partition coefficient (Wildman–Crippen LogP) is 0.842. The van der Waals surface area contributed by atoms with Gasteiger partial charge in [0, 0.05) is 24.8 Å². The summed E-state index contributed by atoms with van der Waals surface area (Å²) in [7, 11) is 0. The van der Waals surface area contributed by atoms with Crippen molar-refractivity contribution in [2.45, 2.75) is 24.9 Å². The van der Waals surface area contributed by atoms with E-state index < -0.39 is 11.6 Å². The van der Waals surface area contributed by atoms with E-state index in [0.29, 0.717) is 25.9 Å². The van der Waals surface area contributed by atoms with Crippen LogP contribution in [0.1, 0.15) is 12.8 Å². The smallest absolute Gasteiger partial charge is 0.322 e. The summed E-state index contributed by atoms with van der Waals surface area (Å²) in [6.07, 6.45) is 2.81. The molecular formula is C17H18N4O3. The maximum atomic E-state index is 12.6. The molecule has 1 aromatic carbocycles. The topological polar surface area (TPSA) is 83.4 Å². The predicted molar refractivity (Wildman–Crippen MR) is 87.2 cm³/mol. The van der Waals surface area contributed by atoms with E-state index in [0.717, 1.165) is 10.9 Å². The van der Waals surface area contributed by atoms with E-state index in [1.807, 2.05) is 41.1 Å². The highest BCUT2D eigenvalue weighted by Gasteiger charge is 2.48. The molecule has 2 saturated heterocycles. The fraction of sp³-hybridized carbons (Fsp3) is 0.353. The molecule has 7 nitrogen and oxygen atoms in total. The number of imide groups is 1. The van der Waals surface area contributed by atoms with E-state index in [2.05, 4.69) is 10.6 Å². The first-order valence-electron chi connectivity index (χ1n) is 8.03. The third-order valence-corrected chi connectivity index (χ3v) is 4.97. The van der Waals surface area contributed by atoms with Crippen molar-refractivity contribution in [3.05, 3.63) is 36.5 Å². The van der Waals surface area contributed by atoms with Gasteiger partial charge in [-0.15, -0.1) is 0 Å². The number of rotatable bonds is 2. The summed E-state index contributed by atoms with van der Waals surface area (Å²) in [4.78, 5) is 37.6. The molecule has 2 N–H and O–H groups in total. The quantitative estimate of drug-likeness (QED) is 0.802. The largest absolute Gasteiger partial charge is 0.341 e. The van der Waals surface area contributed by atoms with Crippen molar-refractivity contribution in [3.8, 4) is 0 Å². The number of piperidine rings is 1.